The second-order valence-electron chi connectivity index (χ2n) is 10.1. The van der Waals surface area contributed by atoms with Gasteiger partial charge in [0, 0.05) is 32.1 Å². The first-order chi connectivity index (χ1) is 20.1. The van der Waals surface area contributed by atoms with E-state index in [1.807, 2.05) is 41.1 Å². The van der Waals surface area contributed by atoms with E-state index in [1.54, 1.807) is 21.3 Å². The molecule has 0 saturated heterocycles. The normalized spacial score (nSPS) is 12.4. The lowest BCUT2D eigenvalue weighted by atomic mass is 10.1. The molecule has 9 nitrogen and oxygen atoms in total. The monoisotopic (exact) mass is 550 g/mol. The van der Waals surface area contributed by atoms with Gasteiger partial charge < -0.3 is 24.4 Å². The molecule has 9 heteroatoms. The molecule has 0 aliphatic carbocycles. The van der Waals surface area contributed by atoms with Gasteiger partial charge in [-0.2, -0.15) is 15.1 Å². The van der Waals surface area contributed by atoms with Crippen molar-refractivity contribution >= 4 is 22.8 Å². The summed E-state index contributed by atoms with van der Waals surface area (Å²) in [4.78, 5) is 12.3. The third-order valence-corrected chi connectivity index (χ3v) is 7.38. The number of hydrogen-bond acceptors (Lipinski definition) is 8. The molecule has 0 fully saturated rings. The molecule has 0 bridgehead atoms. The SMILES string of the molecule is COc1ccc(CN2CCc3nn(Cc4ccccc4)c4nc(NCCc5cc(OC)cc(OC)c5)nc2c34)cc1. The maximum Gasteiger partial charge on any atom is 0.226 e. The molecule has 5 aromatic rings. The average molecular weight is 551 g/mol. The quantitative estimate of drug-likeness (QED) is 0.243. The van der Waals surface area contributed by atoms with E-state index in [1.165, 1.54) is 11.1 Å². The summed E-state index contributed by atoms with van der Waals surface area (Å²) in [5.74, 6) is 3.89. The topological polar surface area (TPSA) is 86.6 Å². The van der Waals surface area contributed by atoms with Crippen molar-refractivity contribution in [1.82, 2.24) is 19.7 Å². The molecular weight excluding hydrogens is 516 g/mol. The molecule has 2 aromatic heterocycles. The number of hydrogen-bond donors (Lipinski definition) is 1. The van der Waals surface area contributed by atoms with E-state index < -0.39 is 0 Å². The van der Waals surface area contributed by atoms with E-state index in [2.05, 4.69) is 46.6 Å². The van der Waals surface area contributed by atoms with Crippen LogP contribution < -0.4 is 24.4 Å². The molecule has 3 aromatic carbocycles. The molecule has 0 spiro atoms. The van der Waals surface area contributed by atoms with Gasteiger partial charge in [0.05, 0.1) is 39.0 Å². The molecule has 210 valence electrons. The fraction of sp³-hybridized carbons (Fsp3) is 0.281. The van der Waals surface area contributed by atoms with Gasteiger partial charge in [-0.1, -0.05) is 42.5 Å². The Morgan fingerprint density at radius 2 is 1.46 bits per heavy atom. The van der Waals surface area contributed by atoms with E-state index in [4.69, 9.17) is 29.3 Å². The highest BCUT2D eigenvalue weighted by atomic mass is 16.5. The van der Waals surface area contributed by atoms with Gasteiger partial charge in [0.15, 0.2) is 5.65 Å². The fourth-order valence-electron chi connectivity index (χ4n) is 5.26. The number of nitrogens with one attached hydrogen (secondary N) is 1. The lowest BCUT2D eigenvalue weighted by Gasteiger charge is -2.28. The molecule has 0 saturated carbocycles. The summed E-state index contributed by atoms with van der Waals surface area (Å²) in [5.41, 5.74) is 5.37. The summed E-state index contributed by atoms with van der Waals surface area (Å²) < 4.78 is 18.2. The van der Waals surface area contributed by atoms with E-state index in [-0.39, 0.29) is 0 Å². The van der Waals surface area contributed by atoms with Gasteiger partial charge in [0.1, 0.15) is 23.1 Å². The first kappa shape index (κ1) is 26.4. The molecule has 1 N–H and O–H groups in total. The minimum absolute atomic E-state index is 0.588. The van der Waals surface area contributed by atoms with Crippen LogP contribution >= 0.6 is 0 Å². The van der Waals surface area contributed by atoms with Crippen LogP contribution in [-0.2, 0) is 25.9 Å². The third kappa shape index (κ3) is 5.75. The van der Waals surface area contributed by atoms with Crippen LogP contribution in [0.2, 0.25) is 0 Å². The maximum atomic E-state index is 5.44. The molecule has 0 unspecified atom stereocenters. The molecule has 0 radical (unpaired) electrons. The minimum atomic E-state index is 0.588. The second-order valence-corrected chi connectivity index (χ2v) is 10.1. The van der Waals surface area contributed by atoms with E-state index >= 15 is 0 Å². The molecule has 41 heavy (non-hydrogen) atoms. The van der Waals surface area contributed by atoms with Crippen LogP contribution in [0.25, 0.3) is 11.0 Å². The zero-order chi connectivity index (χ0) is 28.2. The molecule has 6 rings (SSSR count). The smallest absolute Gasteiger partial charge is 0.226 e. The van der Waals surface area contributed by atoms with Gasteiger partial charge in [-0.15, -0.1) is 0 Å². The molecule has 0 amide bonds. The largest absolute Gasteiger partial charge is 0.497 e. The first-order valence-corrected chi connectivity index (χ1v) is 13.8. The van der Waals surface area contributed by atoms with Crippen LogP contribution in [0.1, 0.15) is 22.4 Å². The zero-order valence-electron chi connectivity index (χ0n) is 23.6. The van der Waals surface area contributed by atoms with E-state index in [0.29, 0.717) is 19.0 Å². The van der Waals surface area contributed by atoms with Crippen LogP contribution in [-0.4, -0.2) is 54.2 Å². The van der Waals surface area contributed by atoms with Crippen molar-refractivity contribution in [3.05, 3.63) is 95.2 Å². The van der Waals surface area contributed by atoms with Crippen LogP contribution in [0.4, 0.5) is 11.8 Å². The maximum absolute atomic E-state index is 5.44. The summed E-state index contributed by atoms with van der Waals surface area (Å²) >= 11 is 0. The van der Waals surface area contributed by atoms with Gasteiger partial charge in [-0.3, -0.25) is 0 Å². The Labute approximate surface area is 239 Å². The highest BCUT2D eigenvalue weighted by Gasteiger charge is 2.27. The summed E-state index contributed by atoms with van der Waals surface area (Å²) in [6.45, 7) is 2.87. The first-order valence-electron chi connectivity index (χ1n) is 13.8. The Morgan fingerprint density at radius 1 is 0.756 bits per heavy atom. The van der Waals surface area contributed by atoms with Gasteiger partial charge >= 0.3 is 0 Å². The lowest BCUT2D eigenvalue weighted by Crippen LogP contribution is -2.29. The Balaban J connectivity index is 1.31. The Hall–Kier alpha value is -4.79. The van der Waals surface area contributed by atoms with E-state index in [9.17, 15) is 0 Å². The highest BCUT2D eigenvalue weighted by molar-refractivity contribution is 5.92. The Morgan fingerprint density at radius 3 is 2.17 bits per heavy atom. The number of aromatic nitrogens is 4. The van der Waals surface area contributed by atoms with Crippen LogP contribution in [0, 0.1) is 0 Å². The van der Waals surface area contributed by atoms with E-state index in [0.717, 1.165) is 71.3 Å². The lowest BCUT2D eigenvalue weighted by molar-refractivity contribution is 0.393. The summed E-state index contributed by atoms with van der Waals surface area (Å²) in [6, 6.07) is 24.5. The van der Waals surface area contributed by atoms with Crippen LogP contribution in [0.15, 0.2) is 72.8 Å². The zero-order valence-corrected chi connectivity index (χ0v) is 23.6. The number of anilines is 2. The Bertz CT molecular complexity index is 1610. The summed E-state index contributed by atoms with van der Waals surface area (Å²) in [6.07, 6.45) is 1.60. The number of methoxy groups -OCH3 is 3. The van der Waals surface area contributed by atoms with Crippen LogP contribution in [0.3, 0.4) is 0 Å². The van der Waals surface area contributed by atoms with Crippen molar-refractivity contribution in [2.75, 3.05) is 44.6 Å². The van der Waals surface area contributed by atoms with Crippen molar-refractivity contribution in [2.24, 2.45) is 0 Å². The van der Waals surface area contributed by atoms with Crippen molar-refractivity contribution in [3.8, 4) is 17.2 Å². The van der Waals surface area contributed by atoms with Crippen molar-refractivity contribution < 1.29 is 14.2 Å². The molecule has 1 aliphatic rings. The third-order valence-electron chi connectivity index (χ3n) is 7.38. The van der Waals surface area contributed by atoms with Gasteiger partial charge in [-0.05, 0) is 47.4 Å². The predicted octanol–water partition coefficient (Wildman–Crippen LogP) is 5.12. The van der Waals surface area contributed by atoms with Gasteiger partial charge in [0.25, 0.3) is 0 Å². The van der Waals surface area contributed by atoms with Crippen molar-refractivity contribution in [1.29, 1.82) is 0 Å². The summed E-state index contributed by atoms with van der Waals surface area (Å²) in [7, 11) is 5.01. The number of benzene rings is 3. The predicted molar refractivity (Wildman–Crippen MR) is 160 cm³/mol. The average Bonchev–Trinajstić information content (AvgIpc) is 3.36. The molecular formula is C32H34N6O3. The van der Waals surface area contributed by atoms with Crippen molar-refractivity contribution in [2.45, 2.75) is 25.9 Å². The number of nitrogens with zero attached hydrogens (tertiary/aromatic N) is 5. The standard InChI is InChI=1S/C32H34N6O3/c1-39-25-11-9-23(10-12-25)20-37-16-14-28-29-30(37)34-32(33-15-13-24-17-26(40-2)19-27(18-24)41-3)35-31(29)38(36-28)21-22-7-5-4-6-8-22/h4-12,17-19H,13-16,20-21H2,1-3H3,(H,33,34,35). The molecule has 1 aliphatic heterocycles. The summed E-state index contributed by atoms with van der Waals surface area (Å²) in [5, 5.41) is 9.50. The van der Waals surface area contributed by atoms with Gasteiger partial charge in [0.2, 0.25) is 5.95 Å². The Kier molecular flexibility index (Phi) is 7.58. The highest BCUT2D eigenvalue weighted by Crippen LogP contribution is 2.34. The fourth-order valence-corrected chi connectivity index (χ4v) is 5.26. The number of ether oxygens (including phenoxy) is 3. The minimum Gasteiger partial charge on any atom is -0.497 e. The van der Waals surface area contributed by atoms with Crippen molar-refractivity contribution in [3.63, 3.8) is 0 Å². The van der Waals surface area contributed by atoms with Crippen LogP contribution in [0.5, 0.6) is 17.2 Å². The van der Waals surface area contributed by atoms with Gasteiger partial charge in [-0.25, -0.2) is 4.68 Å². The number of rotatable bonds is 11. The second kappa shape index (κ2) is 11.8. The molecule has 0 atom stereocenters. The molecule has 3 heterocycles.